The van der Waals surface area contributed by atoms with Gasteiger partial charge in [-0.1, -0.05) is 42.5 Å². The smallest absolute Gasteiger partial charge is 0.330 e. The van der Waals surface area contributed by atoms with E-state index in [1.807, 2.05) is 36.4 Å². The minimum absolute atomic E-state index is 0.324. The summed E-state index contributed by atoms with van der Waals surface area (Å²) < 4.78 is 4.87. The molecule has 3 heteroatoms. The SMILES string of the molecule is CCOC(=O)/C=C/c1cccc(-c2ccc(CN)cc2)c1. The summed E-state index contributed by atoms with van der Waals surface area (Å²) in [6.45, 7) is 2.72. The Morgan fingerprint density at radius 2 is 1.90 bits per heavy atom. The van der Waals surface area contributed by atoms with E-state index in [9.17, 15) is 4.79 Å². The summed E-state index contributed by atoms with van der Waals surface area (Å²) in [5.41, 5.74) is 9.90. The van der Waals surface area contributed by atoms with Crippen LogP contribution in [0.15, 0.2) is 54.6 Å². The molecule has 2 aromatic rings. The Bertz CT molecular complexity index is 630. The molecule has 2 N–H and O–H groups in total. The fraction of sp³-hybridized carbons (Fsp3) is 0.167. The number of rotatable bonds is 5. The predicted octanol–water partition coefficient (Wildman–Crippen LogP) is 3.39. The molecule has 0 aliphatic rings. The number of nitrogens with two attached hydrogens (primary N) is 1. The van der Waals surface area contributed by atoms with Crippen LogP contribution in [0.1, 0.15) is 18.1 Å². The number of ether oxygens (including phenoxy) is 1. The van der Waals surface area contributed by atoms with Gasteiger partial charge in [0.05, 0.1) is 6.61 Å². The average Bonchev–Trinajstić information content (AvgIpc) is 2.54. The van der Waals surface area contributed by atoms with Crippen LogP contribution in [0, 0.1) is 0 Å². The van der Waals surface area contributed by atoms with Gasteiger partial charge in [-0.15, -0.1) is 0 Å². The molecule has 2 aromatic carbocycles. The summed E-state index contributed by atoms with van der Waals surface area (Å²) in [5, 5.41) is 0. The Morgan fingerprint density at radius 3 is 2.57 bits per heavy atom. The standard InChI is InChI=1S/C18H19NO2/c1-2-21-18(20)11-8-14-4-3-5-17(12-14)16-9-6-15(13-19)7-10-16/h3-12H,2,13,19H2,1H3/b11-8+. The van der Waals surface area contributed by atoms with Gasteiger partial charge in [-0.3, -0.25) is 0 Å². The first kappa shape index (κ1) is 15.0. The van der Waals surface area contributed by atoms with E-state index in [0.717, 1.165) is 22.3 Å². The molecule has 0 atom stereocenters. The molecule has 0 saturated heterocycles. The Labute approximate surface area is 125 Å². The van der Waals surface area contributed by atoms with E-state index in [1.165, 1.54) is 6.08 Å². The minimum Gasteiger partial charge on any atom is -0.463 e. The number of carbonyl (C=O) groups excluding carboxylic acids is 1. The van der Waals surface area contributed by atoms with Crippen molar-refractivity contribution in [3.8, 4) is 11.1 Å². The Morgan fingerprint density at radius 1 is 1.14 bits per heavy atom. The first-order valence-corrected chi connectivity index (χ1v) is 6.97. The third-order valence-corrected chi connectivity index (χ3v) is 3.11. The van der Waals surface area contributed by atoms with Gasteiger partial charge in [0.15, 0.2) is 0 Å². The summed E-state index contributed by atoms with van der Waals surface area (Å²) in [4.78, 5) is 11.3. The third-order valence-electron chi connectivity index (χ3n) is 3.11. The molecule has 0 saturated carbocycles. The quantitative estimate of drug-likeness (QED) is 0.675. The monoisotopic (exact) mass is 281 g/mol. The molecule has 3 nitrogen and oxygen atoms in total. The highest BCUT2D eigenvalue weighted by Crippen LogP contribution is 2.21. The van der Waals surface area contributed by atoms with Gasteiger partial charge >= 0.3 is 5.97 Å². The molecule has 0 fully saturated rings. The van der Waals surface area contributed by atoms with E-state index in [-0.39, 0.29) is 5.97 Å². The average molecular weight is 281 g/mol. The molecule has 108 valence electrons. The zero-order valence-electron chi connectivity index (χ0n) is 12.1. The summed E-state index contributed by atoms with van der Waals surface area (Å²) >= 11 is 0. The molecular formula is C18H19NO2. The van der Waals surface area contributed by atoms with Gasteiger partial charge < -0.3 is 10.5 Å². The van der Waals surface area contributed by atoms with Crippen LogP contribution < -0.4 is 5.73 Å². The van der Waals surface area contributed by atoms with Crippen LogP contribution in [-0.4, -0.2) is 12.6 Å². The van der Waals surface area contributed by atoms with Crippen molar-refractivity contribution >= 4 is 12.0 Å². The third kappa shape index (κ3) is 4.29. The minimum atomic E-state index is -0.324. The van der Waals surface area contributed by atoms with Crippen LogP contribution in [0.5, 0.6) is 0 Å². The van der Waals surface area contributed by atoms with Gasteiger partial charge in [0, 0.05) is 12.6 Å². The summed E-state index contributed by atoms with van der Waals surface area (Å²) in [7, 11) is 0. The van der Waals surface area contributed by atoms with E-state index in [0.29, 0.717) is 13.2 Å². The van der Waals surface area contributed by atoms with Crippen LogP contribution in [-0.2, 0) is 16.1 Å². The van der Waals surface area contributed by atoms with E-state index in [2.05, 4.69) is 12.1 Å². The summed E-state index contributed by atoms with van der Waals surface area (Å²) in [5.74, 6) is -0.324. The Kier molecular flexibility index (Phi) is 5.29. The normalized spacial score (nSPS) is 10.8. The highest BCUT2D eigenvalue weighted by atomic mass is 16.5. The molecule has 0 spiro atoms. The fourth-order valence-corrected chi connectivity index (χ4v) is 2.01. The van der Waals surface area contributed by atoms with Crippen molar-refractivity contribution in [1.29, 1.82) is 0 Å². The van der Waals surface area contributed by atoms with Crippen LogP contribution >= 0.6 is 0 Å². The second-order valence-electron chi connectivity index (χ2n) is 4.61. The molecule has 0 aliphatic heterocycles. The Hall–Kier alpha value is -2.39. The maximum absolute atomic E-state index is 11.3. The topological polar surface area (TPSA) is 52.3 Å². The van der Waals surface area contributed by atoms with Gasteiger partial charge in [0.1, 0.15) is 0 Å². The van der Waals surface area contributed by atoms with Crippen molar-refractivity contribution in [2.45, 2.75) is 13.5 Å². The lowest BCUT2D eigenvalue weighted by molar-refractivity contribution is -0.137. The van der Waals surface area contributed by atoms with Gasteiger partial charge in [0.2, 0.25) is 0 Å². The van der Waals surface area contributed by atoms with Crippen molar-refractivity contribution in [1.82, 2.24) is 0 Å². The van der Waals surface area contributed by atoms with Crippen LogP contribution in [0.25, 0.3) is 17.2 Å². The molecule has 0 bridgehead atoms. The zero-order chi connectivity index (χ0) is 15.1. The number of hydrogen-bond donors (Lipinski definition) is 1. The number of esters is 1. The lowest BCUT2D eigenvalue weighted by Gasteiger charge is -2.04. The van der Waals surface area contributed by atoms with Crippen LogP contribution in [0.2, 0.25) is 0 Å². The van der Waals surface area contributed by atoms with Crippen LogP contribution in [0.4, 0.5) is 0 Å². The summed E-state index contributed by atoms with van der Waals surface area (Å²) in [6.07, 6.45) is 3.20. The van der Waals surface area contributed by atoms with E-state index in [4.69, 9.17) is 10.5 Å². The molecule has 0 unspecified atom stereocenters. The summed E-state index contributed by atoms with van der Waals surface area (Å²) in [6, 6.07) is 16.1. The highest BCUT2D eigenvalue weighted by molar-refractivity contribution is 5.87. The van der Waals surface area contributed by atoms with Gasteiger partial charge in [0.25, 0.3) is 0 Å². The van der Waals surface area contributed by atoms with E-state index in [1.54, 1.807) is 13.0 Å². The van der Waals surface area contributed by atoms with Gasteiger partial charge in [-0.25, -0.2) is 4.79 Å². The Balaban J connectivity index is 2.18. The largest absolute Gasteiger partial charge is 0.463 e. The number of benzene rings is 2. The molecule has 2 rings (SSSR count). The molecular weight excluding hydrogens is 262 g/mol. The molecule has 21 heavy (non-hydrogen) atoms. The number of carbonyl (C=O) groups is 1. The predicted molar refractivity (Wildman–Crippen MR) is 85.4 cm³/mol. The van der Waals surface area contributed by atoms with E-state index < -0.39 is 0 Å². The van der Waals surface area contributed by atoms with Crippen LogP contribution in [0.3, 0.4) is 0 Å². The highest BCUT2D eigenvalue weighted by Gasteiger charge is 1.99. The van der Waals surface area contributed by atoms with Crippen molar-refractivity contribution in [3.63, 3.8) is 0 Å². The van der Waals surface area contributed by atoms with Gasteiger partial charge in [-0.05, 0) is 41.3 Å². The second kappa shape index (κ2) is 7.41. The maximum Gasteiger partial charge on any atom is 0.330 e. The van der Waals surface area contributed by atoms with Gasteiger partial charge in [-0.2, -0.15) is 0 Å². The molecule has 0 amide bonds. The maximum atomic E-state index is 11.3. The fourth-order valence-electron chi connectivity index (χ4n) is 2.01. The molecule has 0 heterocycles. The molecule has 0 radical (unpaired) electrons. The molecule has 0 aromatic heterocycles. The second-order valence-corrected chi connectivity index (χ2v) is 4.61. The van der Waals surface area contributed by atoms with Crippen molar-refractivity contribution in [2.75, 3.05) is 6.61 Å². The van der Waals surface area contributed by atoms with Crippen molar-refractivity contribution in [2.24, 2.45) is 5.73 Å². The van der Waals surface area contributed by atoms with Crippen molar-refractivity contribution < 1.29 is 9.53 Å². The lowest BCUT2D eigenvalue weighted by Crippen LogP contribution is -1.98. The first-order chi connectivity index (χ1) is 10.2. The molecule has 0 aliphatic carbocycles. The number of hydrogen-bond acceptors (Lipinski definition) is 3. The van der Waals surface area contributed by atoms with E-state index >= 15 is 0 Å². The zero-order valence-corrected chi connectivity index (χ0v) is 12.1. The van der Waals surface area contributed by atoms with Crippen molar-refractivity contribution in [3.05, 3.63) is 65.7 Å². The first-order valence-electron chi connectivity index (χ1n) is 6.97. The lowest BCUT2D eigenvalue weighted by atomic mass is 10.0.